The van der Waals surface area contributed by atoms with Gasteiger partial charge in [0, 0.05) is 18.8 Å². The third-order valence-electron chi connectivity index (χ3n) is 6.91. The zero-order valence-corrected chi connectivity index (χ0v) is 24.2. The first-order chi connectivity index (χ1) is 20.3. The largest absolute Gasteiger partial charge is 0.490 e. The van der Waals surface area contributed by atoms with Crippen LogP contribution in [0.15, 0.2) is 71.6 Å². The molecule has 0 radical (unpaired) electrons. The number of fused-ring (bicyclic) bond motifs is 1. The number of anilines is 1. The number of nitrogens with zero attached hydrogens (tertiary/aromatic N) is 2. The van der Waals surface area contributed by atoms with Crippen molar-refractivity contribution in [2.75, 3.05) is 31.6 Å². The summed E-state index contributed by atoms with van der Waals surface area (Å²) in [6.07, 6.45) is 2.33. The van der Waals surface area contributed by atoms with Crippen molar-refractivity contribution >= 4 is 46.5 Å². The van der Waals surface area contributed by atoms with E-state index in [-0.39, 0.29) is 29.9 Å². The van der Waals surface area contributed by atoms with E-state index < -0.39 is 11.1 Å². The lowest BCUT2D eigenvalue weighted by Crippen LogP contribution is -2.44. The van der Waals surface area contributed by atoms with Gasteiger partial charge in [0.05, 0.1) is 11.5 Å². The van der Waals surface area contributed by atoms with Crippen molar-refractivity contribution in [1.82, 2.24) is 9.80 Å². The van der Waals surface area contributed by atoms with E-state index >= 15 is 0 Å². The number of ether oxygens (including phenoxy) is 2. The molecule has 42 heavy (non-hydrogen) atoms. The van der Waals surface area contributed by atoms with Gasteiger partial charge in [-0.05, 0) is 79.1 Å². The van der Waals surface area contributed by atoms with Gasteiger partial charge in [-0.1, -0.05) is 48.0 Å². The van der Waals surface area contributed by atoms with Gasteiger partial charge in [-0.25, -0.2) is 0 Å². The summed E-state index contributed by atoms with van der Waals surface area (Å²) in [5, 5.41) is 2.30. The quantitative estimate of drug-likeness (QED) is 0.351. The Bertz CT molecular complexity index is 1550. The van der Waals surface area contributed by atoms with Crippen molar-refractivity contribution < 1.29 is 28.7 Å². The minimum atomic E-state index is -0.512. The van der Waals surface area contributed by atoms with Crippen molar-refractivity contribution in [2.24, 2.45) is 0 Å². The van der Waals surface area contributed by atoms with Crippen LogP contribution in [0.1, 0.15) is 29.2 Å². The number of thioether (sulfide) groups is 1. The fraction of sp³-hybridized carbons (Fsp3) is 0.250. The number of hydrogen-bond donors (Lipinski definition) is 1. The molecule has 2 aliphatic rings. The molecule has 2 aliphatic heterocycles. The number of imide groups is 1. The number of nitrogens with one attached hydrogen (secondary N) is 1. The van der Waals surface area contributed by atoms with E-state index in [1.54, 1.807) is 29.2 Å². The van der Waals surface area contributed by atoms with E-state index in [1.807, 2.05) is 56.3 Å². The number of hydrogen-bond acceptors (Lipinski definition) is 7. The van der Waals surface area contributed by atoms with Crippen molar-refractivity contribution in [1.29, 1.82) is 0 Å². The molecule has 3 aromatic rings. The lowest BCUT2D eigenvalue weighted by molar-refractivity contribution is -0.136. The molecule has 9 nitrogen and oxygen atoms in total. The highest BCUT2D eigenvalue weighted by Crippen LogP contribution is 2.35. The predicted molar refractivity (Wildman–Crippen MR) is 161 cm³/mol. The molecule has 0 atom stereocenters. The summed E-state index contributed by atoms with van der Waals surface area (Å²) in [7, 11) is 0. The first-order valence-corrected chi connectivity index (χ1v) is 14.5. The summed E-state index contributed by atoms with van der Waals surface area (Å²) in [6, 6.07) is 20.4. The van der Waals surface area contributed by atoms with Crippen molar-refractivity contribution in [3.8, 4) is 11.5 Å². The predicted octanol–water partition coefficient (Wildman–Crippen LogP) is 5.03. The topological polar surface area (TPSA) is 105 Å². The Morgan fingerprint density at radius 2 is 1.74 bits per heavy atom. The molecular weight excluding hydrogens is 554 g/mol. The molecule has 0 aromatic heterocycles. The van der Waals surface area contributed by atoms with Crippen molar-refractivity contribution in [3.05, 3.63) is 93.9 Å². The molecule has 5 rings (SSSR count). The molecule has 0 aliphatic carbocycles. The second-order valence-corrected chi connectivity index (χ2v) is 10.9. The summed E-state index contributed by atoms with van der Waals surface area (Å²) in [5.41, 5.74) is 4.67. The van der Waals surface area contributed by atoms with Crippen molar-refractivity contribution in [3.63, 3.8) is 0 Å². The monoisotopic (exact) mass is 585 g/mol. The molecule has 1 N–H and O–H groups in total. The maximum Gasteiger partial charge on any atom is 0.294 e. The lowest BCUT2D eigenvalue weighted by atomic mass is 10.00. The van der Waals surface area contributed by atoms with Gasteiger partial charge in [0.2, 0.25) is 5.91 Å². The molecule has 216 valence electrons. The zero-order valence-electron chi connectivity index (χ0n) is 23.4. The van der Waals surface area contributed by atoms with Crippen LogP contribution in [0.2, 0.25) is 0 Å². The summed E-state index contributed by atoms with van der Waals surface area (Å²) in [4.78, 5) is 54.1. The molecule has 3 aromatic carbocycles. The smallest absolute Gasteiger partial charge is 0.294 e. The third-order valence-corrected chi connectivity index (χ3v) is 7.82. The zero-order chi connectivity index (χ0) is 29.6. The highest BCUT2D eigenvalue weighted by Gasteiger charge is 2.37. The van der Waals surface area contributed by atoms with Crippen LogP contribution in [-0.4, -0.2) is 59.1 Å². The van der Waals surface area contributed by atoms with Gasteiger partial charge >= 0.3 is 0 Å². The molecule has 1 fully saturated rings. The standard InChI is InChI=1S/C32H31N3O6S/c1-3-40-27-16-22(10-13-26(27)41-20-29(36)33-25-11-8-21(2)9-12-25)17-28-31(38)35(32(39)42-28)19-30(37)34-15-14-23-6-4-5-7-24(23)18-34/h4-13,16-17H,3,14-15,18-20H2,1-2H3,(H,33,36)/b28-17-. The summed E-state index contributed by atoms with van der Waals surface area (Å²) < 4.78 is 11.4. The van der Waals surface area contributed by atoms with Gasteiger partial charge in [0.25, 0.3) is 17.1 Å². The van der Waals surface area contributed by atoms with Gasteiger partial charge in [0.1, 0.15) is 6.54 Å². The van der Waals surface area contributed by atoms with Gasteiger partial charge in [-0.15, -0.1) is 0 Å². The van der Waals surface area contributed by atoms with E-state index in [2.05, 4.69) is 11.4 Å². The Morgan fingerprint density at radius 3 is 2.50 bits per heavy atom. The van der Waals surface area contributed by atoms with Gasteiger partial charge in [-0.2, -0.15) is 0 Å². The number of rotatable bonds is 9. The van der Waals surface area contributed by atoms with Crippen molar-refractivity contribution in [2.45, 2.75) is 26.8 Å². The van der Waals surface area contributed by atoms with Crippen LogP contribution in [0, 0.1) is 6.92 Å². The average Bonchev–Trinajstić information content (AvgIpc) is 3.25. The highest BCUT2D eigenvalue weighted by atomic mass is 32.2. The SMILES string of the molecule is CCOc1cc(/C=C2\SC(=O)N(CC(=O)N3CCc4ccccc4C3)C2=O)ccc1OCC(=O)Nc1ccc(C)cc1. The number of carbonyl (C=O) groups excluding carboxylic acids is 4. The summed E-state index contributed by atoms with van der Waals surface area (Å²) in [6.45, 7) is 4.64. The Morgan fingerprint density at radius 1 is 0.976 bits per heavy atom. The van der Waals surface area contributed by atoms with Crippen LogP contribution in [-0.2, 0) is 27.3 Å². The van der Waals surface area contributed by atoms with Gasteiger partial charge in [-0.3, -0.25) is 24.1 Å². The Hall–Kier alpha value is -4.57. The Labute approximate surface area is 248 Å². The van der Waals surface area contributed by atoms with E-state index in [0.717, 1.165) is 34.2 Å². The second kappa shape index (κ2) is 12.9. The number of aryl methyl sites for hydroxylation is 1. The normalized spacial score (nSPS) is 15.5. The van der Waals surface area contributed by atoms with Crippen LogP contribution in [0.3, 0.4) is 0 Å². The highest BCUT2D eigenvalue weighted by molar-refractivity contribution is 8.18. The minimum absolute atomic E-state index is 0.213. The van der Waals surface area contributed by atoms with E-state index in [1.165, 1.54) is 5.56 Å². The molecule has 10 heteroatoms. The third kappa shape index (κ3) is 6.83. The lowest BCUT2D eigenvalue weighted by Gasteiger charge is -2.29. The first kappa shape index (κ1) is 28.9. The summed E-state index contributed by atoms with van der Waals surface area (Å²) >= 11 is 0.796. The average molecular weight is 586 g/mol. The van der Waals surface area contributed by atoms with E-state index in [4.69, 9.17) is 9.47 Å². The molecule has 0 unspecified atom stereocenters. The van der Waals surface area contributed by atoms with Crippen LogP contribution < -0.4 is 14.8 Å². The second-order valence-electron chi connectivity index (χ2n) is 9.94. The molecule has 4 amide bonds. The maximum absolute atomic E-state index is 13.1. The first-order valence-electron chi connectivity index (χ1n) is 13.7. The molecule has 0 saturated carbocycles. The number of benzene rings is 3. The van der Waals surface area contributed by atoms with Crippen LogP contribution in [0.4, 0.5) is 10.5 Å². The van der Waals surface area contributed by atoms with E-state index in [9.17, 15) is 19.2 Å². The summed E-state index contributed by atoms with van der Waals surface area (Å²) in [5.74, 6) is -0.326. The Balaban J connectivity index is 1.22. The molecule has 0 spiro atoms. The van der Waals surface area contributed by atoms with Gasteiger partial charge in [0.15, 0.2) is 18.1 Å². The number of amides is 4. The van der Waals surface area contributed by atoms with E-state index in [0.29, 0.717) is 42.4 Å². The van der Waals surface area contributed by atoms with Gasteiger partial charge < -0.3 is 19.7 Å². The van der Waals surface area contributed by atoms with Crippen LogP contribution >= 0.6 is 11.8 Å². The minimum Gasteiger partial charge on any atom is -0.490 e. The molecular formula is C32H31N3O6S. The number of carbonyl (C=O) groups is 4. The fourth-order valence-electron chi connectivity index (χ4n) is 4.71. The Kier molecular flexibility index (Phi) is 8.92. The van der Waals surface area contributed by atoms with Crippen LogP contribution in [0.5, 0.6) is 11.5 Å². The maximum atomic E-state index is 13.1. The molecule has 0 bridgehead atoms. The molecule has 2 heterocycles. The molecule has 1 saturated heterocycles. The van der Waals surface area contributed by atoms with Crippen LogP contribution in [0.25, 0.3) is 6.08 Å². The fourth-order valence-corrected chi connectivity index (χ4v) is 5.55.